The third kappa shape index (κ3) is 2.11. The lowest BCUT2D eigenvalue weighted by atomic mass is 9.93. The second-order valence-corrected chi connectivity index (χ2v) is 4.86. The van der Waals surface area contributed by atoms with Crippen LogP contribution < -0.4 is 0 Å². The Hall–Kier alpha value is -0.350. The smallest absolute Gasteiger partial charge is 0.0118 e. The summed E-state index contributed by atoms with van der Waals surface area (Å²) < 4.78 is 0. The predicted molar refractivity (Wildman–Crippen MR) is 62.9 cm³/mol. The van der Waals surface area contributed by atoms with Crippen LogP contribution in [0.4, 0.5) is 0 Å². The molecule has 0 heterocycles. The first-order valence-electron chi connectivity index (χ1n) is 5.03. The van der Waals surface area contributed by atoms with E-state index in [-0.39, 0.29) is 0 Å². The minimum Gasteiger partial charge on any atom is -0.114 e. The zero-order valence-corrected chi connectivity index (χ0v) is 9.80. The summed E-state index contributed by atoms with van der Waals surface area (Å²) in [7, 11) is 0.997. The average molecular weight is 194 g/mol. The molecule has 0 amide bonds. The molecule has 1 rings (SSSR count). The van der Waals surface area contributed by atoms with Crippen LogP contribution in [0.1, 0.15) is 32.3 Å². The van der Waals surface area contributed by atoms with Gasteiger partial charge in [0.05, 0.1) is 0 Å². The van der Waals surface area contributed by atoms with Gasteiger partial charge in [-0.1, -0.05) is 44.2 Å². The highest BCUT2D eigenvalue weighted by atomic mass is 31.1. The van der Waals surface area contributed by atoms with Gasteiger partial charge in [0.15, 0.2) is 0 Å². The molecular formula is C12H19P. The van der Waals surface area contributed by atoms with E-state index in [0.29, 0.717) is 5.16 Å². The molecule has 1 aromatic rings. The second-order valence-electron chi connectivity index (χ2n) is 3.41. The van der Waals surface area contributed by atoms with Gasteiger partial charge in [-0.3, -0.25) is 0 Å². The van der Waals surface area contributed by atoms with Gasteiger partial charge in [-0.2, -0.15) is 0 Å². The van der Waals surface area contributed by atoms with E-state index < -0.39 is 0 Å². The molecule has 13 heavy (non-hydrogen) atoms. The molecule has 0 spiro atoms. The van der Waals surface area contributed by atoms with Crippen molar-refractivity contribution in [3.8, 4) is 0 Å². The molecule has 1 aromatic carbocycles. The van der Waals surface area contributed by atoms with Crippen LogP contribution in [0.2, 0.25) is 0 Å². The molecule has 0 bridgehead atoms. The minimum absolute atomic E-state index is 0.446. The lowest BCUT2D eigenvalue weighted by Crippen LogP contribution is -2.17. The summed E-state index contributed by atoms with van der Waals surface area (Å²) in [6, 6.07) is 10.9. The minimum atomic E-state index is 0.446. The van der Waals surface area contributed by atoms with Gasteiger partial charge < -0.3 is 0 Å². The number of hydrogen-bond donors (Lipinski definition) is 0. The van der Waals surface area contributed by atoms with Gasteiger partial charge in [0.2, 0.25) is 0 Å². The van der Waals surface area contributed by atoms with Crippen molar-refractivity contribution in [3.63, 3.8) is 0 Å². The summed E-state index contributed by atoms with van der Waals surface area (Å²) >= 11 is 0. The van der Waals surface area contributed by atoms with Crippen molar-refractivity contribution in [2.45, 2.75) is 31.8 Å². The predicted octanol–water partition coefficient (Wildman–Crippen LogP) is 4.01. The van der Waals surface area contributed by atoms with E-state index in [1.807, 2.05) is 0 Å². The number of rotatable bonds is 4. The normalized spacial score (nSPS) is 12.5. The first kappa shape index (κ1) is 10.7. The average Bonchev–Trinajstić information content (AvgIpc) is 2.23. The van der Waals surface area contributed by atoms with Gasteiger partial charge in [0.25, 0.3) is 0 Å². The molecule has 0 aliphatic rings. The fourth-order valence-corrected chi connectivity index (χ4v) is 3.08. The van der Waals surface area contributed by atoms with E-state index in [1.54, 1.807) is 0 Å². The summed E-state index contributed by atoms with van der Waals surface area (Å²) in [6.07, 6.45) is 2.50. The summed E-state index contributed by atoms with van der Waals surface area (Å²) in [5.74, 6) is 0. The van der Waals surface area contributed by atoms with Gasteiger partial charge in [0, 0.05) is 5.16 Å². The molecule has 0 saturated carbocycles. The second kappa shape index (κ2) is 4.77. The molecule has 0 N–H and O–H groups in total. The van der Waals surface area contributed by atoms with E-state index in [9.17, 15) is 0 Å². The number of hydrogen-bond acceptors (Lipinski definition) is 0. The Balaban J connectivity index is 3.01. The first-order chi connectivity index (χ1) is 6.29. The molecular weight excluding hydrogens is 175 g/mol. The van der Waals surface area contributed by atoms with Crippen molar-refractivity contribution < 1.29 is 0 Å². The van der Waals surface area contributed by atoms with Crippen LogP contribution in [0.5, 0.6) is 0 Å². The molecule has 0 aromatic heterocycles. The Morgan fingerprint density at radius 2 is 1.62 bits per heavy atom. The highest BCUT2D eigenvalue weighted by Gasteiger charge is 2.25. The molecule has 0 fully saturated rings. The Morgan fingerprint density at radius 3 is 2.00 bits per heavy atom. The zero-order valence-electron chi connectivity index (χ0n) is 8.80. The monoisotopic (exact) mass is 194 g/mol. The van der Waals surface area contributed by atoms with E-state index in [4.69, 9.17) is 0 Å². The maximum absolute atomic E-state index is 2.32. The van der Waals surface area contributed by atoms with Gasteiger partial charge in [-0.05, 0) is 25.1 Å². The molecule has 0 radical (unpaired) electrons. The molecule has 1 atom stereocenters. The van der Waals surface area contributed by atoms with Crippen molar-refractivity contribution >= 4 is 8.58 Å². The van der Waals surface area contributed by atoms with Crippen LogP contribution in [0, 0.1) is 0 Å². The lowest BCUT2D eigenvalue weighted by molar-refractivity contribution is 0.574. The Morgan fingerprint density at radius 1 is 1.08 bits per heavy atom. The van der Waals surface area contributed by atoms with Crippen molar-refractivity contribution in [3.05, 3.63) is 35.9 Å². The quantitative estimate of drug-likeness (QED) is 0.635. The molecule has 72 valence electrons. The topological polar surface area (TPSA) is 0 Å². The third-order valence-electron chi connectivity index (χ3n) is 3.01. The first-order valence-corrected chi connectivity index (χ1v) is 6.53. The van der Waals surface area contributed by atoms with E-state index >= 15 is 0 Å². The summed E-state index contributed by atoms with van der Waals surface area (Å²) in [6.45, 7) is 6.92. The summed E-state index contributed by atoms with van der Waals surface area (Å²) in [4.78, 5) is 0. The standard InChI is InChI=1S/C12H19P/c1-4-12(5-2,13-3)11-9-7-6-8-10-11/h6-10,13H,4-5H2,1-3H3. The molecule has 0 nitrogen and oxygen atoms in total. The van der Waals surface area contributed by atoms with Crippen molar-refractivity contribution in [2.24, 2.45) is 0 Å². The van der Waals surface area contributed by atoms with Crippen molar-refractivity contribution in [2.75, 3.05) is 6.66 Å². The Bertz CT molecular complexity index is 228. The SMILES string of the molecule is CCC(CC)(PC)c1ccccc1. The Labute approximate surface area is 83.5 Å². The largest absolute Gasteiger partial charge is 0.114 e. The maximum atomic E-state index is 2.32. The fourth-order valence-electron chi connectivity index (χ4n) is 1.91. The van der Waals surface area contributed by atoms with E-state index in [0.717, 1.165) is 8.58 Å². The van der Waals surface area contributed by atoms with Gasteiger partial charge in [0.1, 0.15) is 0 Å². The van der Waals surface area contributed by atoms with Crippen LogP contribution in [-0.4, -0.2) is 6.66 Å². The van der Waals surface area contributed by atoms with Crippen molar-refractivity contribution in [1.29, 1.82) is 0 Å². The number of benzene rings is 1. The van der Waals surface area contributed by atoms with Crippen LogP contribution >= 0.6 is 8.58 Å². The molecule has 1 heteroatoms. The van der Waals surface area contributed by atoms with Crippen LogP contribution in [-0.2, 0) is 5.16 Å². The molecule has 0 aliphatic heterocycles. The Kier molecular flexibility index (Phi) is 3.93. The van der Waals surface area contributed by atoms with Crippen molar-refractivity contribution in [1.82, 2.24) is 0 Å². The molecule has 1 unspecified atom stereocenters. The summed E-state index contributed by atoms with van der Waals surface area (Å²) in [5, 5.41) is 0.446. The van der Waals surface area contributed by atoms with Crippen LogP contribution in [0.3, 0.4) is 0 Å². The highest BCUT2D eigenvalue weighted by molar-refractivity contribution is 7.38. The van der Waals surface area contributed by atoms with Gasteiger partial charge in [-0.25, -0.2) is 0 Å². The van der Waals surface area contributed by atoms with E-state index in [2.05, 4.69) is 50.8 Å². The fraction of sp³-hybridized carbons (Fsp3) is 0.500. The van der Waals surface area contributed by atoms with Gasteiger partial charge in [-0.15, -0.1) is 8.58 Å². The van der Waals surface area contributed by atoms with Crippen LogP contribution in [0.25, 0.3) is 0 Å². The third-order valence-corrected chi connectivity index (χ3v) is 4.96. The summed E-state index contributed by atoms with van der Waals surface area (Å²) in [5.41, 5.74) is 1.51. The van der Waals surface area contributed by atoms with Gasteiger partial charge >= 0.3 is 0 Å². The zero-order chi connectivity index (χ0) is 9.73. The maximum Gasteiger partial charge on any atom is 0.0118 e. The molecule has 0 aliphatic carbocycles. The van der Waals surface area contributed by atoms with Crippen LogP contribution in [0.15, 0.2) is 30.3 Å². The van der Waals surface area contributed by atoms with E-state index in [1.165, 1.54) is 18.4 Å². The highest BCUT2D eigenvalue weighted by Crippen LogP contribution is 2.44. The lowest BCUT2D eigenvalue weighted by Gasteiger charge is -2.31. The molecule has 0 saturated heterocycles.